The zero-order valence-electron chi connectivity index (χ0n) is 16.0. The van der Waals surface area contributed by atoms with Crippen LogP contribution in [0.15, 0.2) is 48.5 Å². The lowest BCUT2D eigenvalue weighted by Crippen LogP contribution is -2.40. The van der Waals surface area contributed by atoms with Gasteiger partial charge in [-0.25, -0.2) is 0 Å². The predicted octanol–water partition coefficient (Wildman–Crippen LogP) is 2.81. The fourth-order valence-electron chi connectivity index (χ4n) is 2.66. The molecule has 6 nitrogen and oxygen atoms in total. The fraction of sp³-hybridized carbons (Fsp3) is 0.333. The molecule has 0 atom stereocenters. The Labute approximate surface area is 160 Å². The van der Waals surface area contributed by atoms with Gasteiger partial charge in [0.15, 0.2) is 0 Å². The summed E-state index contributed by atoms with van der Waals surface area (Å²) < 4.78 is 10.7. The van der Waals surface area contributed by atoms with E-state index in [0.717, 1.165) is 11.3 Å². The average molecular weight is 370 g/mol. The Kier molecular flexibility index (Phi) is 7.67. The summed E-state index contributed by atoms with van der Waals surface area (Å²) in [4.78, 5) is 25.8. The number of hydrogen-bond acceptors (Lipinski definition) is 4. The number of anilines is 1. The van der Waals surface area contributed by atoms with E-state index in [2.05, 4.69) is 5.32 Å². The van der Waals surface area contributed by atoms with Gasteiger partial charge in [0.1, 0.15) is 18.0 Å². The molecule has 0 aromatic heterocycles. The summed E-state index contributed by atoms with van der Waals surface area (Å²) in [5.41, 5.74) is 1.69. The summed E-state index contributed by atoms with van der Waals surface area (Å²) in [5.74, 6) is 0.951. The molecule has 0 fully saturated rings. The van der Waals surface area contributed by atoms with Gasteiger partial charge >= 0.3 is 0 Å². The van der Waals surface area contributed by atoms with Crippen molar-refractivity contribution < 1.29 is 19.1 Å². The largest absolute Gasteiger partial charge is 0.497 e. The van der Waals surface area contributed by atoms with Gasteiger partial charge in [-0.05, 0) is 43.2 Å². The topological polar surface area (TPSA) is 67.9 Å². The summed E-state index contributed by atoms with van der Waals surface area (Å²) in [6.45, 7) is 4.23. The number of carbonyl (C=O) groups is 2. The van der Waals surface area contributed by atoms with Gasteiger partial charge in [-0.15, -0.1) is 0 Å². The van der Waals surface area contributed by atoms with Crippen LogP contribution >= 0.6 is 0 Å². The van der Waals surface area contributed by atoms with Gasteiger partial charge in [-0.1, -0.05) is 24.3 Å². The van der Waals surface area contributed by atoms with Crippen molar-refractivity contribution in [1.29, 1.82) is 0 Å². The third-order valence-electron chi connectivity index (χ3n) is 4.03. The van der Waals surface area contributed by atoms with Crippen LogP contribution in [0.5, 0.6) is 11.5 Å². The fourth-order valence-corrected chi connectivity index (χ4v) is 2.66. The van der Waals surface area contributed by atoms with Crippen LogP contribution in [0.3, 0.4) is 0 Å². The molecule has 2 amide bonds. The minimum absolute atomic E-state index is 0.0535. The highest BCUT2D eigenvalue weighted by Gasteiger charge is 2.19. The van der Waals surface area contributed by atoms with Crippen molar-refractivity contribution in [1.82, 2.24) is 5.32 Å². The molecule has 6 heteroatoms. The van der Waals surface area contributed by atoms with Gasteiger partial charge in [0, 0.05) is 13.5 Å². The van der Waals surface area contributed by atoms with Gasteiger partial charge in [0.05, 0.1) is 19.4 Å². The SMILES string of the molecule is CCOc1ccccc1N(CC(=O)NCCc1ccc(OC)cc1)C(C)=O. The van der Waals surface area contributed by atoms with E-state index >= 15 is 0 Å². The van der Waals surface area contributed by atoms with E-state index in [4.69, 9.17) is 9.47 Å². The number of benzene rings is 2. The molecule has 0 aliphatic heterocycles. The Morgan fingerprint density at radius 1 is 1.07 bits per heavy atom. The number of nitrogens with zero attached hydrogens (tertiary/aromatic N) is 1. The monoisotopic (exact) mass is 370 g/mol. The van der Waals surface area contributed by atoms with Crippen LogP contribution in [0.4, 0.5) is 5.69 Å². The van der Waals surface area contributed by atoms with E-state index in [1.165, 1.54) is 11.8 Å². The van der Waals surface area contributed by atoms with Crippen molar-refractivity contribution in [2.45, 2.75) is 20.3 Å². The van der Waals surface area contributed by atoms with E-state index in [9.17, 15) is 9.59 Å². The molecule has 0 heterocycles. The van der Waals surface area contributed by atoms with Gasteiger partial charge in [-0.3, -0.25) is 14.5 Å². The Bertz CT molecular complexity index is 759. The van der Waals surface area contributed by atoms with Crippen LogP contribution in [0.2, 0.25) is 0 Å². The quantitative estimate of drug-likeness (QED) is 0.737. The van der Waals surface area contributed by atoms with Crippen molar-refractivity contribution in [3.63, 3.8) is 0 Å². The Hall–Kier alpha value is -3.02. The lowest BCUT2D eigenvalue weighted by molar-refractivity contribution is -0.123. The van der Waals surface area contributed by atoms with Gasteiger partial charge < -0.3 is 14.8 Å². The third kappa shape index (κ3) is 6.02. The second-order valence-corrected chi connectivity index (χ2v) is 5.95. The predicted molar refractivity (Wildman–Crippen MR) is 105 cm³/mol. The van der Waals surface area contributed by atoms with Crippen LogP contribution in [-0.4, -0.2) is 38.6 Å². The maximum atomic E-state index is 12.3. The summed E-state index contributed by atoms with van der Waals surface area (Å²) >= 11 is 0. The molecular formula is C21H26N2O4. The summed E-state index contributed by atoms with van der Waals surface area (Å²) in [6.07, 6.45) is 0.700. The highest BCUT2D eigenvalue weighted by Crippen LogP contribution is 2.28. The number of nitrogens with one attached hydrogen (secondary N) is 1. The number of rotatable bonds is 9. The van der Waals surface area contributed by atoms with Crippen molar-refractivity contribution in [2.24, 2.45) is 0 Å². The van der Waals surface area contributed by atoms with E-state index in [0.29, 0.717) is 31.0 Å². The van der Waals surface area contributed by atoms with E-state index < -0.39 is 0 Å². The normalized spacial score (nSPS) is 10.2. The van der Waals surface area contributed by atoms with Crippen molar-refractivity contribution in [2.75, 3.05) is 31.7 Å². The van der Waals surface area contributed by atoms with Crippen molar-refractivity contribution in [3.8, 4) is 11.5 Å². The molecular weight excluding hydrogens is 344 g/mol. The van der Waals surface area contributed by atoms with Crippen LogP contribution in [0.25, 0.3) is 0 Å². The standard InChI is InChI=1S/C21H26N2O4/c1-4-27-20-8-6-5-7-19(20)23(16(2)24)15-21(25)22-14-13-17-9-11-18(26-3)12-10-17/h5-12H,4,13-15H2,1-3H3,(H,22,25). The van der Waals surface area contributed by atoms with Crippen molar-refractivity contribution >= 4 is 17.5 Å². The maximum absolute atomic E-state index is 12.3. The number of ether oxygens (including phenoxy) is 2. The third-order valence-corrected chi connectivity index (χ3v) is 4.03. The Morgan fingerprint density at radius 2 is 1.78 bits per heavy atom. The number of hydrogen-bond donors (Lipinski definition) is 1. The van der Waals surface area contributed by atoms with Crippen molar-refractivity contribution in [3.05, 3.63) is 54.1 Å². The Morgan fingerprint density at radius 3 is 2.41 bits per heavy atom. The second-order valence-electron chi connectivity index (χ2n) is 5.95. The number of carbonyl (C=O) groups excluding carboxylic acids is 2. The zero-order chi connectivity index (χ0) is 19.6. The van der Waals surface area contributed by atoms with E-state index in [-0.39, 0.29) is 18.4 Å². The maximum Gasteiger partial charge on any atom is 0.240 e. The Balaban J connectivity index is 1.94. The van der Waals surface area contributed by atoms with Gasteiger partial charge in [0.25, 0.3) is 0 Å². The molecule has 2 rings (SSSR count). The lowest BCUT2D eigenvalue weighted by Gasteiger charge is -2.23. The molecule has 0 unspecified atom stereocenters. The first-order valence-corrected chi connectivity index (χ1v) is 8.94. The second kappa shape index (κ2) is 10.2. The average Bonchev–Trinajstić information content (AvgIpc) is 2.67. The first-order chi connectivity index (χ1) is 13.0. The molecule has 2 aromatic rings. The molecule has 0 saturated heterocycles. The van der Waals surface area contributed by atoms with Gasteiger partial charge in [0.2, 0.25) is 11.8 Å². The van der Waals surface area contributed by atoms with Crippen LogP contribution in [-0.2, 0) is 16.0 Å². The molecule has 27 heavy (non-hydrogen) atoms. The smallest absolute Gasteiger partial charge is 0.240 e. The summed E-state index contributed by atoms with van der Waals surface area (Å²) in [5, 5.41) is 2.86. The van der Waals surface area contributed by atoms with E-state index in [1.807, 2.05) is 43.3 Å². The molecule has 144 valence electrons. The lowest BCUT2D eigenvalue weighted by atomic mass is 10.1. The minimum atomic E-state index is -0.218. The first kappa shape index (κ1) is 20.3. The first-order valence-electron chi connectivity index (χ1n) is 8.94. The number of methoxy groups -OCH3 is 1. The highest BCUT2D eigenvalue weighted by molar-refractivity contribution is 5.98. The highest BCUT2D eigenvalue weighted by atomic mass is 16.5. The van der Waals surface area contributed by atoms with Crippen LogP contribution in [0, 0.1) is 0 Å². The summed E-state index contributed by atoms with van der Waals surface area (Å²) in [6, 6.07) is 14.9. The van der Waals surface area contributed by atoms with Gasteiger partial charge in [-0.2, -0.15) is 0 Å². The van der Waals surface area contributed by atoms with Crippen LogP contribution in [0.1, 0.15) is 19.4 Å². The molecule has 0 spiro atoms. The number of para-hydroxylation sites is 2. The molecule has 0 aliphatic carbocycles. The number of amides is 2. The summed E-state index contributed by atoms with van der Waals surface area (Å²) in [7, 11) is 1.62. The zero-order valence-corrected chi connectivity index (χ0v) is 16.0. The van der Waals surface area contributed by atoms with Crippen LogP contribution < -0.4 is 19.7 Å². The molecule has 0 saturated carbocycles. The van der Waals surface area contributed by atoms with E-state index in [1.54, 1.807) is 19.2 Å². The molecule has 0 radical (unpaired) electrons. The molecule has 2 aromatic carbocycles. The molecule has 1 N–H and O–H groups in total. The minimum Gasteiger partial charge on any atom is -0.497 e. The molecule has 0 bridgehead atoms. The molecule has 0 aliphatic rings.